The van der Waals surface area contributed by atoms with E-state index >= 15 is 0 Å². The van der Waals surface area contributed by atoms with Crippen LogP contribution in [0.3, 0.4) is 0 Å². The number of nitrogens with zero attached hydrogens (tertiary/aromatic N) is 3. The van der Waals surface area contributed by atoms with Gasteiger partial charge in [0.05, 0.1) is 6.04 Å². The summed E-state index contributed by atoms with van der Waals surface area (Å²) in [6.07, 6.45) is 7.53. The minimum atomic E-state index is -0.529. The quantitative estimate of drug-likeness (QED) is 0.628. The number of carbonyl (C=O) groups is 3. The number of hydrogen-bond donors (Lipinski definition) is 2. The molecule has 2 heterocycles. The molecule has 0 bridgehead atoms. The number of ether oxygens (including phenoxy) is 1. The maximum absolute atomic E-state index is 12.9. The third-order valence-corrected chi connectivity index (χ3v) is 7.52. The highest BCUT2D eigenvalue weighted by Crippen LogP contribution is 2.58. The molecule has 1 saturated heterocycles. The predicted octanol–water partition coefficient (Wildman–Crippen LogP) is 2.17. The third-order valence-electron chi connectivity index (χ3n) is 7.52. The molecule has 4 fully saturated rings. The van der Waals surface area contributed by atoms with E-state index < -0.39 is 11.9 Å². The van der Waals surface area contributed by atoms with E-state index in [2.05, 4.69) is 10.4 Å². The molecule has 1 aromatic carbocycles. The Bertz CT molecular complexity index is 1110. The van der Waals surface area contributed by atoms with E-state index in [9.17, 15) is 14.4 Å². The summed E-state index contributed by atoms with van der Waals surface area (Å²) >= 11 is 0. The van der Waals surface area contributed by atoms with Gasteiger partial charge in [0.25, 0.3) is 11.8 Å². The van der Waals surface area contributed by atoms with Gasteiger partial charge in [-0.15, -0.1) is 5.10 Å². The molecule has 172 valence electrons. The van der Waals surface area contributed by atoms with Crippen LogP contribution in [0.5, 0.6) is 5.88 Å². The molecule has 9 nitrogen and oxygen atoms in total. The van der Waals surface area contributed by atoms with E-state index in [-0.39, 0.29) is 29.5 Å². The van der Waals surface area contributed by atoms with Crippen LogP contribution in [-0.2, 0) is 11.2 Å². The van der Waals surface area contributed by atoms with Crippen LogP contribution in [0.1, 0.15) is 60.5 Å². The van der Waals surface area contributed by atoms with Crippen LogP contribution in [0, 0.1) is 5.41 Å². The fraction of sp³-hybridized carbons (Fsp3) is 0.500. The van der Waals surface area contributed by atoms with E-state index in [0.717, 1.165) is 44.1 Å². The number of hydrogen-bond acceptors (Lipinski definition) is 5. The second-order valence-corrected chi connectivity index (χ2v) is 10.0. The molecule has 2 aromatic rings. The number of benzene rings is 1. The van der Waals surface area contributed by atoms with Crippen molar-refractivity contribution < 1.29 is 19.1 Å². The van der Waals surface area contributed by atoms with Crippen molar-refractivity contribution in [2.45, 2.75) is 69.2 Å². The molecular weight excluding hydrogens is 422 g/mol. The van der Waals surface area contributed by atoms with Gasteiger partial charge in [0, 0.05) is 18.7 Å². The molecule has 33 heavy (non-hydrogen) atoms. The Balaban J connectivity index is 1.04. The van der Waals surface area contributed by atoms with Gasteiger partial charge >= 0.3 is 6.03 Å². The maximum Gasteiger partial charge on any atom is 0.325 e. The first-order valence-electron chi connectivity index (χ1n) is 11.6. The predicted molar refractivity (Wildman–Crippen MR) is 117 cm³/mol. The van der Waals surface area contributed by atoms with Gasteiger partial charge < -0.3 is 15.8 Å². The monoisotopic (exact) mass is 449 g/mol. The minimum Gasteiger partial charge on any atom is -0.473 e. The van der Waals surface area contributed by atoms with Crippen molar-refractivity contribution in [3.63, 3.8) is 0 Å². The highest BCUT2D eigenvalue weighted by Gasteiger charge is 2.58. The molecule has 9 heteroatoms. The van der Waals surface area contributed by atoms with E-state index in [1.165, 1.54) is 4.90 Å². The summed E-state index contributed by atoms with van der Waals surface area (Å²) in [4.78, 5) is 38.6. The molecule has 1 spiro atoms. The van der Waals surface area contributed by atoms with Gasteiger partial charge in [0.1, 0.15) is 17.7 Å². The fourth-order valence-corrected chi connectivity index (χ4v) is 5.64. The standard InChI is InChI=1S/C24H27N5O4/c25-20(30)18-13-28(15-6-7-15)27-21(18)33-17-11-24(12-17)9-16(10-24)29-22(31)19(26-23(29)32)8-14-4-2-1-3-5-14/h1-5,13,15-17,19H,6-12H2,(H2,25,30)(H,26,32). The molecule has 3 N–H and O–H groups in total. The van der Waals surface area contributed by atoms with E-state index in [1.807, 2.05) is 30.3 Å². The van der Waals surface area contributed by atoms with Crippen molar-refractivity contribution in [2.24, 2.45) is 11.1 Å². The molecule has 4 amide bonds. The second kappa shape index (κ2) is 7.33. The Morgan fingerprint density at radius 3 is 2.52 bits per heavy atom. The maximum atomic E-state index is 12.9. The SMILES string of the molecule is NC(=O)c1cn(C2CC2)nc1OC1CC2(C1)CC(N1C(=O)NC(Cc3ccccc3)C1=O)C2. The molecule has 0 radical (unpaired) electrons. The topological polar surface area (TPSA) is 120 Å². The number of imide groups is 1. The Hall–Kier alpha value is -3.36. The Kier molecular flexibility index (Phi) is 4.50. The number of urea groups is 1. The van der Waals surface area contributed by atoms with Crippen LogP contribution in [-0.4, -0.2) is 50.7 Å². The lowest BCUT2D eigenvalue weighted by atomic mass is 9.52. The lowest BCUT2D eigenvalue weighted by Crippen LogP contribution is -2.60. The van der Waals surface area contributed by atoms with E-state index in [0.29, 0.717) is 23.9 Å². The molecule has 3 saturated carbocycles. The number of nitrogens with one attached hydrogen (secondary N) is 1. The Labute approximate surface area is 191 Å². The molecule has 1 aromatic heterocycles. The first-order valence-corrected chi connectivity index (χ1v) is 11.6. The average Bonchev–Trinajstić information content (AvgIpc) is 3.44. The Morgan fingerprint density at radius 1 is 1.12 bits per heavy atom. The summed E-state index contributed by atoms with van der Waals surface area (Å²) < 4.78 is 7.81. The van der Waals surface area contributed by atoms with Crippen molar-refractivity contribution in [2.75, 3.05) is 0 Å². The smallest absolute Gasteiger partial charge is 0.325 e. The lowest BCUT2D eigenvalue weighted by molar-refractivity contribution is -0.140. The largest absolute Gasteiger partial charge is 0.473 e. The van der Waals surface area contributed by atoms with Gasteiger partial charge in [-0.05, 0) is 49.5 Å². The first-order chi connectivity index (χ1) is 15.9. The highest BCUT2D eigenvalue weighted by atomic mass is 16.5. The summed E-state index contributed by atoms with van der Waals surface area (Å²) in [6, 6.07) is 9.22. The van der Waals surface area contributed by atoms with Gasteiger partial charge in [0.15, 0.2) is 0 Å². The summed E-state index contributed by atoms with van der Waals surface area (Å²) in [5, 5.41) is 7.28. The minimum absolute atomic E-state index is 0.0273. The summed E-state index contributed by atoms with van der Waals surface area (Å²) in [5.41, 5.74) is 6.96. The first kappa shape index (κ1) is 20.3. The molecule has 4 aliphatic rings. The van der Waals surface area contributed by atoms with Gasteiger partial charge in [-0.1, -0.05) is 30.3 Å². The molecule has 1 unspecified atom stereocenters. The number of aromatic nitrogens is 2. The van der Waals surface area contributed by atoms with Crippen molar-refractivity contribution in [3.8, 4) is 5.88 Å². The summed E-state index contributed by atoms with van der Waals surface area (Å²) in [6.45, 7) is 0. The zero-order valence-electron chi connectivity index (χ0n) is 18.3. The average molecular weight is 450 g/mol. The summed E-state index contributed by atoms with van der Waals surface area (Å²) in [7, 11) is 0. The number of rotatable bonds is 7. The van der Waals surface area contributed by atoms with Crippen LogP contribution in [0.4, 0.5) is 4.79 Å². The summed E-state index contributed by atoms with van der Waals surface area (Å²) in [5.74, 6) is -0.339. The van der Waals surface area contributed by atoms with Crippen molar-refractivity contribution in [3.05, 3.63) is 47.7 Å². The molecule has 6 rings (SSSR count). The molecule has 3 aliphatic carbocycles. The zero-order chi connectivity index (χ0) is 22.7. The van der Waals surface area contributed by atoms with Gasteiger partial charge in [-0.3, -0.25) is 19.2 Å². The van der Waals surface area contributed by atoms with Crippen molar-refractivity contribution >= 4 is 17.8 Å². The number of nitrogens with two attached hydrogens (primary N) is 1. The molecule has 1 atom stereocenters. The van der Waals surface area contributed by atoms with Crippen LogP contribution in [0.25, 0.3) is 0 Å². The second-order valence-electron chi connectivity index (χ2n) is 10.0. The number of primary amides is 1. The third kappa shape index (κ3) is 3.55. The Morgan fingerprint density at radius 2 is 1.85 bits per heavy atom. The van der Waals surface area contributed by atoms with Crippen LogP contribution >= 0.6 is 0 Å². The van der Waals surface area contributed by atoms with Crippen LogP contribution in [0.2, 0.25) is 0 Å². The zero-order valence-corrected chi connectivity index (χ0v) is 18.3. The number of amides is 4. The molecular formula is C24H27N5O4. The van der Waals surface area contributed by atoms with Gasteiger partial charge in [-0.2, -0.15) is 0 Å². The molecule has 1 aliphatic heterocycles. The van der Waals surface area contributed by atoms with Crippen LogP contribution < -0.4 is 15.8 Å². The number of carbonyl (C=O) groups excluding carboxylic acids is 3. The van der Waals surface area contributed by atoms with Crippen LogP contribution in [0.15, 0.2) is 36.5 Å². The van der Waals surface area contributed by atoms with E-state index in [4.69, 9.17) is 10.5 Å². The van der Waals surface area contributed by atoms with E-state index in [1.54, 1.807) is 10.9 Å². The van der Waals surface area contributed by atoms with Gasteiger partial charge in [-0.25, -0.2) is 4.79 Å². The fourth-order valence-electron chi connectivity index (χ4n) is 5.64. The lowest BCUT2D eigenvalue weighted by Gasteiger charge is -2.58. The van der Waals surface area contributed by atoms with Crippen molar-refractivity contribution in [1.29, 1.82) is 0 Å². The highest BCUT2D eigenvalue weighted by molar-refractivity contribution is 6.04. The van der Waals surface area contributed by atoms with Crippen molar-refractivity contribution in [1.82, 2.24) is 20.0 Å². The van der Waals surface area contributed by atoms with Gasteiger partial charge in [0.2, 0.25) is 5.88 Å². The normalized spacial score (nSPS) is 30.7.